The van der Waals surface area contributed by atoms with Gasteiger partial charge in [-0.15, -0.1) is 0 Å². The molecule has 1 aliphatic heterocycles. The minimum atomic E-state index is -0.939. The number of rotatable bonds is 5. The number of methoxy groups -OCH3 is 2. The monoisotopic (exact) mass is 371 g/mol. The van der Waals surface area contributed by atoms with Gasteiger partial charge in [0.25, 0.3) is 5.91 Å². The van der Waals surface area contributed by atoms with Crippen LogP contribution in [-0.4, -0.2) is 31.0 Å². The lowest BCUT2D eigenvalue weighted by Crippen LogP contribution is -2.31. The summed E-state index contributed by atoms with van der Waals surface area (Å²) in [6.45, 7) is 1.27. The topological polar surface area (TPSA) is 76.1 Å². The third-order valence-corrected chi connectivity index (χ3v) is 4.42. The summed E-state index contributed by atoms with van der Waals surface area (Å²) in [5, 5.41) is 10.4. The SMILES string of the molecule is COc1ccc(OC)c([C@@H]2C(C(C)=O)=C(O)C(=O)N2c2ccc(F)cc2)c1. The maximum absolute atomic E-state index is 13.3. The van der Waals surface area contributed by atoms with Gasteiger partial charge in [0.15, 0.2) is 11.5 Å². The number of aliphatic hydroxyl groups is 1. The van der Waals surface area contributed by atoms with Crippen molar-refractivity contribution >= 4 is 17.4 Å². The predicted octanol–water partition coefficient (Wildman–Crippen LogP) is 3.33. The quantitative estimate of drug-likeness (QED) is 0.872. The van der Waals surface area contributed by atoms with E-state index in [1.807, 2.05) is 0 Å². The van der Waals surface area contributed by atoms with Crippen LogP contribution < -0.4 is 14.4 Å². The second-order valence-corrected chi connectivity index (χ2v) is 5.98. The number of carbonyl (C=O) groups is 2. The first-order valence-electron chi connectivity index (χ1n) is 8.14. The molecule has 1 N–H and O–H groups in total. The van der Waals surface area contributed by atoms with Crippen molar-refractivity contribution in [3.63, 3.8) is 0 Å². The van der Waals surface area contributed by atoms with Gasteiger partial charge < -0.3 is 14.6 Å². The highest BCUT2D eigenvalue weighted by Gasteiger charge is 2.44. The summed E-state index contributed by atoms with van der Waals surface area (Å²) < 4.78 is 24.0. The van der Waals surface area contributed by atoms with Crippen LogP contribution in [0.1, 0.15) is 18.5 Å². The number of Topliss-reactive ketones (excluding diaryl/α,β-unsaturated/α-hetero) is 1. The molecule has 27 heavy (non-hydrogen) atoms. The van der Waals surface area contributed by atoms with Gasteiger partial charge in [0.05, 0.1) is 25.8 Å². The molecule has 0 bridgehead atoms. The predicted molar refractivity (Wildman–Crippen MR) is 96.5 cm³/mol. The van der Waals surface area contributed by atoms with Gasteiger partial charge in [-0.3, -0.25) is 14.5 Å². The smallest absolute Gasteiger partial charge is 0.294 e. The number of aliphatic hydroxyl groups excluding tert-OH is 1. The largest absolute Gasteiger partial charge is 0.503 e. The number of ketones is 1. The minimum absolute atomic E-state index is 0.0594. The minimum Gasteiger partial charge on any atom is -0.503 e. The van der Waals surface area contributed by atoms with Gasteiger partial charge in [0.2, 0.25) is 0 Å². The van der Waals surface area contributed by atoms with Crippen LogP contribution in [0, 0.1) is 5.82 Å². The normalized spacial score (nSPS) is 16.7. The summed E-state index contributed by atoms with van der Waals surface area (Å²) in [6, 6.07) is 9.23. The van der Waals surface area contributed by atoms with Crippen LogP contribution in [0.25, 0.3) is 0 Å². The van der Waals surface area contributed by atoms with Crippen molar-refractivity contribution < 1.29 is 28.6 Å². The van der Waals surface area contributed by atoms with Crippen LogP contribution in [0.3, 0.4) is 0 Å². The molecule has 7 heteroatoms. The second kappa shape index (κ2) is 7.11. The molecule has 2 aromatic rings. The van der Waals surface area contributed by atoms with Crippen molar-refractivity contribution in [2.45, 2.75) is 13.0 Å². The Kier molecular flexibility index (Phi) is 4.85. The maximum Gasteiger partial charge on any atom is 0.294 e. The molecule has 0 saturated heterocycles. The zero-order chi connectivity index (χ0) is 19.7. The van der Waals surface area contributed by atoms with Crippen LogP contribution >= 0.6 is 0 Å². The summed E-state index contributed by atoms with van der Waals surface area (Å²) in [7, 11) is 2.95. The Labute approximate surface area is 155 Å². The van der Waals surface area contributed by atoms with Gasteiger partial charge in [-0.1, -0.05) is 0 Å². The van der Waals surface area contributed by atoms with Gasteiger partial charge in [0.1, 0.15) is 17.3 Å². The number of benzene rings is 2. The van der Waals surface area contributed by atoms with Crippen LogP contribution in [-0.2, 0) is 9.59 Å². The molecule has 0 aromatic heterocycles. The van der Waals surface area contributed by atoms with Crippen molar-refractivity contribution in [1.82, 2.24) is 0 Å². The fraction of sp³-hybridized carbons (Fsp3) is 0.200. The summed E-state index contributed by atoms with van der Waals surface area (Å²) in [4.78, 5) is 26.2. The summed E-state index contributed by atoms with van der Waals surface area (Å²) in [5.41, 5.74) is 0.735. The van der Waals surface area contributed by atoms with E-state index in [1.54, 1.807) is 18.2 Å². The standard InChI is InChI=1S/C20H18FNO5/c1-11(23)17-18(15-10-14(26-2)8-9-16(15)27-3)22(20(25)19(17)24)13-6-4-12(21)5-7-13/h4-10,18,24H,1-3H3/t18-/m1/s1. The van der Waals surface area contributed by atoms with Gasteiger partial charge >= 0.3 is 0 Å². The van der Waals surface area contributed by atoms with Crippen molar-refractivity contribution in [3.8, 4) is 11.5 Å². The maximum atomic E-state index is 13.3. The number of amides is 1. The van der Waals surface area contributed by atoms with E-state index in [0.717, 1.165) is 0 Å². The number of nitrogens with zero attached hydrogens (tertiary/aromatic N) is 1. The Morgan fingerprint density at radius 3 is 2.33 bits per heavy atom. The molecule has 0 aliphatic carbocycles. The Hall–Kier alpha value is -3.35. The highest BCUT2D eigenvalue weighted by molar-refractivity contribution is 6.16. The summed E-state index contributed by atoms with van der Waals surface area (Å²) in [6.07, 6.45) is 0. The molecule has 0 saturated carbocycles. The van der Waals surface area contributed by atoms with Crippen LogP contribution in [0.2, 0.25) is 0 Å². The summed E-state index contributed by atoms with van der Waals surface area (Å²) >= 11 is 0. The second-order valence-electron chi connectivity index (χ2n) is 5.98. The third-order valence-electron chi connectivity index (χ3n) is 4.42. The molecule has 6 nitrogen and oxygen atoms in total. The van der Waals surface area contributed by atoms with Crippen molar-refractivity contribution in [2.75, 3.05) is 19.1 Å². The summed E-state index contributed by atoms with van der Waals surface area (Å²) in [5.74, 6) is -1.41. The molecular weight excluding hydrogens is 353 g/mol. The molecule has 1 aliphatic rings. The number of hydrogen-bond donors (Lipinski definition) is 1. The van der Waals surface area contributed by atoms with Crippen molar-refractivity contribution in [2.24, 2.45) is 0 Å². The van der Waals surface area contributed by atoms with Gasteiger partial charge in [-0.2, -0.15) is 0 Å². The van der Waals surface area contributed by atoms with Crippen LogP contribution in [0.5, 0.6) is 11.5 Å². The average Bonchev–Trinajstić information content (AvgIpc) is 2.93. The Morgan fingerprint density at radius 2 is 1.78 bits per heavy atom. The van der Waals surface area contributed by atoms with Crippen molar-refractivity contribution in [3.05, 3.63) is 65.2 Å². The van der Waals surface area contributed by atoms with E-state index in [9.17, 15) is 19.1 Å². The highest BCUT2D eigenvalue weighted by Crippen LogP contribution is 2.44. The van der Waals surface area contributed by atoms with Crippen molar-refractivity contribution in [1.29, 1.82) is 0 Å². The van der Waals surface area contributed by atoms with Gasteiger partial charge in [-0.05, 0) is 49.4 Å². The van der Waals surface area contributed by atoms with E-state index in [2.05, 4.69) is 0 Å². The Balaban J connectivity index is 2.25. The van der Waals surface area contributed by atoms with E-state index in [1.165, 1.54) is 50.3 Å². The lowest BCUT2D eigenvalue weighted by molar-refractivity contribution is -0.117. The van der Waals surface area contributed by atoms with Crippen LogP contribution in [0.4, 0.5) is 10.1 Å². The molecule has 1 amide bonds. The molecule has 0 fully saturated rings. The van der Waals surface area contributed by atoms with E-state index >= 15 is 0 Å². The molecule has 0 spiro atoms. The zero-order valence-electron chi connectivity index (χ0n) is 15.0. The number of carbonyl (C=O) groups excluding carboxylic acids is 2. The highest BCUT2D eigenvalue weighted by atomic mass is 19.1. The molecule has 1 heterocycles. The van der Waals surface area contributed by atoms with Gasteiger partial charge in [0, 0.05) is 11.3 Å². The first-order chi connectivity index (χ1) is 12.9. The molecule has 0 radical (unpaired) electrons. The third kappa shape index (κ3) is 3.12. The average molecular weight is 371 g/mol. The fourth-order valence-corrected chi connectivity index (χ4v) is 3.18. The number of hydrogen-bond acceptors (Lipinski definition) is 5. The molecule has 1 atom stereocenters. The molecule has 2 aromatic carbocycles. The first kappa shape index (κ1) is 18.4. The van der Waals surface area contributed by atoms with Crippen LogP contribution in [0.15, 0.2) is 53.8 Å². The van der Waals surface area contributed by atoms with E-state index in [0.29, 0.717) is 22.7 Å². The van der Waals surface area contributed by atoms with E-state index in [4.69, 9.17) is 9.47 Å². The Morgan fingerprint density at radius 1 is 1.11 bits per heavy atom. The molecule has 3 rings (SSSR count). The van der Waals surface area contributed by atoms with Gasteiger partial charge in [-0.25, -0.2) is 4.39 Å². The van der Waals surface area contributed by atoms with E-state index < -0.39 is 29.3 Å². The number of ether oxygens (including phenoxy) is 2. The number of anilines is 1. The molecule has 0 unspecified atom stereocenters. The lowest BCUT2D eigenvalue weighted by atomic mass is 9.95. The zero-order valence-corrected chi connectivity index (χ0v) is 15.0. The molecule has 140 valence electrons. The fourth-order valence-electron chi connectivity index (χ4n) is 3.18. The first-order valence-corrected chi connectivity index (χ1v) is 8.14. The number of halogens is 1. The Bertz CT molecular complexity index is 936. The lowest BCUT2D eigenvalue weighted by Gasteiger charge is -2.28. The van der Waals surface area contributed by atoms with E-state index in [-0.39, 0.29) is 5.57 Å². The molecular formula is C20H18FNO5.